The van der Waals surface area contributed by atoms with Gasteiger partial charge in [-0.2, -0.15) is 0 Å². The van der Waals surface area contributed by atoms with Crippen LogP contribution in [0.5, 0.6) is 0 Å². The van der Waals surface area contributed by atoms with E-state index in [0.29, 0.717) is 30.5 Å². The highest BCUT2D eigenvalue weighted by molar-refractivity contribution is 4.88. The third-order valence-corrected chi connectivity index (χ3v) is 3.85. The van der Waals surface area contributed by atoms with E-state index in [-0.39, 0.29) is 6.10 Å². The molecule has 0 saturated heterocycles. The third-order valence-electron chi connectivity index (χ3n) is 3.85. The lowest BCUT2D eigenvalue weighted by atomic mass is 9.69. The van der Waals surface area contributed by atoms with Crippen LogP contribution < -0.4 is 5.32 Å². The number of nitrogens with one attached hydrogen (secondary N) is 1. The lowest BCUT2D eigenvalue weighted by Crippen LogP contribution is -2.47. The first kappa shape index (κ1) is 14.9. The van der Waals surface area contributed by atoms with Gasteiger partial charge in [-0.05, 0) is 24.2 Å². The summed E-state index contributed by atoms with van der Waals surface area (Å²) in [7, 11) is 1.63. The van der Waals surface area contributed by atoms with Gasteiger partial charge in [0.15, 0.2) is 0 Å². The summed E-state index contributed by atoms with van der Waals surface area (Å²) in [5.41, 5.74) is 0.351. The van der Waals surface area contributed by atoms with Gasteiger partial charge in [0.2, 0.25) is 0 Å². The lowest BCUT2D eigenvalue weighted by molar-refractivity contribution is 0.0534. The number of aliphatic hydroxyl groups is 1. The quantitative estimate of drug-likeness (QED) is 0.778. The summed E-state index contributed by atoms with van der Waals surface area (Å²) in [5.74, 6) is 0.714. The van der Waals surface area contributed by atoms with Crippen molar-refractivity contribution < 1.29 is 9.84 Å². The van der Waals surface area contributed by atoms with Crippen LogP contribution in [0.4, 0.5) is 0 Å². The Kier molecular flexibility index (Phi) is 5.90. The SMILES string of the molecule is COCC(O)CNC1CCCCC1C(C)(C)C. The zero-order valence-electron chi connectivity index (χ0n) is 11.8. The molecule has 3 heteroatoms. The van der Waals surface area contributed by atoms with Crippen LogP contribution in [0.1, 0.15) is 46.5 Å². The predicted octanol–water partition coefficient (Wildman–Crippen LogP) is 2.19. The Hall–Kier alpha value is -0.120. The van der Waals surface area contributed by atoms with Crippen LogP contribution in [0.25, 0.3) is 0 Å². The summed E-state index contributed by atoms with van der Waals surface area (Å²) in [6.45, 7) is 8.03. The zero-order valence-corrected chi connectivity index (χ0v) is 11.8. The van der Waals surface area contributed by atoms with Crippen molar-refractivity contribution in [2.24, 2.45) is 11.3 Å². The van der Waals surface area contributed by atoms with Crippen molar-refractivity contribution in [1.29, 1.82) is 0 Å². The van der Waals surface area contributed by atoms with E-state index in [4.69, 9.17) is 4.74 Å². The molecule has 0 heterocycles. The number of hydrogen-bond donors (Lipinski definition) is 2. The van der Waals surface area contributed by atoms with Crippen molar-refractivity contribution in [3.63, 3.8) is 0 Å². The van der Waals surface area contributed by atoms with E-state index in [1.54, 1.807) is 7.11 Å². The van der Waals surface area contributed by atoms with Crippen LogP contribution in [-0.2, 0) is 4.74 Å². The molecule has 0 aromatic rings. The number of aliphatic hydroxyl groups excluding tert-OH is 1. The largest absolute Gasteiger partial charge is 0.389 e. The number of rotatable bonds is 5. The van der Waals surface area contributed by atoms with Gasteiger partial charge in [-0.3, -0.25) is 0 Å². The first-order valence-corrected chi connectivity index (χ1v) is 6.85. The summed E-state index contributed by atoms with van der Waals surface area (Å²) in [5, 5.41) is 13.2. The fraction of sp³-hybridized carbons (Fsp3) is 1.00. The molecule has 3 atom stereocenters. The summed E-state index contributed by atoms with van der Waals surface area (Å²) in [6, 6.07) is 0.551. The highest BCUT2D eigenvalue weighted by atomic mass is 16.5. The molecule has 0 spiro atoms. The van der Waals surface area contributed by atoms with E-state index in [1.165, 1.54) is 25.7 Å². The minimum absolute atomic E-state index is 0.351. The van der Waals surface area contributed by atoms with Gasteiger partial charge < -0.3 is 15.2 Å². The van der Waals surface area contributed by atoms with E-state index in [9.17, 15) is 5.11 Å². The van der Waals surface area contributed by atoms with Crippen molar-refractivity contribution in [2.45, 2.75) is 58.6 Å². The monoisotopic (exact) mass is 243 g/mol. The maximum atomic E-state index is 9.68. The Balaban J connectivity index is 2.43. The fourth-order valence-corrected chi connectivity index (χ4v) is 2.95. The Morgan fingerprint density at radius 3 is 2.53 bits per heavy atom. The average Bonchev–Trinajstić information content (AvgIpc) is 2.26. The minimum Gasteiger partial charge on any atom is -0.389 e. The van der Waals surface area contributed by atoms with Crippen LogP contribution in [0.3, 0.4) is 0 Å². The van der Waals surface area contributed by atoms with Gasteiger partial charge in [-0.1, -0.05) is 33.6 Å². The molecule has 1 aliphatic rings. The predicted molar refractivity (Wildman–Crippen MR) is 71.1 cm³/mol. The smallest absolute Gasteiger partial charge is 0.0897 e. The van der Waals surface area contributed by atoms with Gasteiger partial charge in [0.25, 0.3) is 0 Å². The topological polar surface area (TPSA) is 41.5 Å². The van der Waals surface area contributed by atoms with Gasteiger partial charge in [-0.15, -0.1) is 0 Å². The van der Waals surface area contributed by atoms with Gasteiger partial charge in [0, 0.05) is 19.7 Å². The van der Waals surface area contributed by atoms with E-state index >= 15 is 0 Å². The molecule has 1 rings (SSSR count). The Bertz CT molecular complexity index is 213. The summed E-state index contributed by atoms with van der Waals surface area (Å²) < 4.78 is 4.95. The molecule has 1 fully saturated rings. The van der Waals surface area contributed by atoms with Crippen molar-refractivity contribution in [3.8, 4) is 0 Å². The van der Waals surface area contributed by atoms with Crippen LogP contribution in [0.15, 0.2) is 0 Å². The molecule has 0 bridgehead atoms. The molecular formula is C14H29NO2. The molecule has 3 nitrogen and oxygen atoms in total. The molecular weight excluding hydrogens is 214 g/mol. The third kappa shape index (κ3) is 4.94. The molecule has 3 unspecified atom stereocenters. The van der Waals surface area contributed by atoms with Crippen LogP contribution in [-0.4, -0.2) is 37.5 Å². The van der Waals surface area contributed by atoms with Gasteiger partial charge in [0.05, 0.1) is 12.7 Å². The van der Waals surface area contributed by atoms with Crippen LogP contribution >= 0.6 is 0 Å². The minimum atomic E-state index is -0.387. The molecule has 0 radical (unpaired) electrons. The summed E-state index contributed by atoms with van der Waals surface area (Å²) in [6.07, 6.45) is 4.82. The lowest BCUT2D eigenvalue weighted by Gasteiger charge is -2.41. The van der Waals surface area contributed by atoms with Crippen LogP contribution in [0.2, 0.25) is 0 Å². The van der Waals surface area contributed by atoms with Crippen molar-refractivity contribution in [3.05, 3.63) is 0 Å². The second-order valence-electron chi connectivity index (χ2n) is 6.38. The van der Waals surface area contributed by atoms with Gasteiger partial charge in [-0.25, -0.2) is 0 Å². The number of methoxy groups -OCH3 is 1. The molecule has 2 N–H and O–H groups in total. The van der Waals surface area contributed by atoms with Gasteiger partial charge >= 0.3 is 0 Å². The van der Waals surface area contributed by atoms with Crippen molar-refractivity contribution in [2.75, 3.05) is 20.3 Å². The summed E-state index contributed by atoms with van der Waals surface area (Å²) in [4.78, 5) is 0. The Morgan fingerprint density at radius 2 is 1.94 bits per heavy atom. The second-order valence-corrected chi connectivity index (χ2v) is 6.38. The van der Waals surface area contributed by atoms with E-state index in [1.807, 2.05) is 0 Å². The van der Waals surface area contributed by atoms with Crippen LogP contribution in [0, 0.1) is 11.3 Å². The van der Waals surface area contributed by atoms with E-state index in [2.05, 4.69) is 26.1 Å². The molecule has 17 heavy (non-hydrogen) atoms. The number of hydrogen-bond acceptors (Lipinski definition) is 3. The molecule has 102 valence electrons. The van der Waals surface area contributed by atoms with E-state index in [0.717, 1.165) is 0 Å². The Labute approximate surface area is 106 Å². The average molecular weight is 243 g/mol. The van der Waals surface area contributed by atoms with Gasteiger partial charge in [0.1, 0.15) is 0 Å². The molecule has 0 aromatic heterocycles. The molecule has 0 aromatic carbocycles. The normalized spacial score (nSPS) is 28.1. The van der Waals surface area contributed by atoms with Crippen molar-refractivity contribution in [1.82, 2.24) is 5.32 Å². The maximum absolute atomic E-state index is 9.68. The molecule has 0 amide bonds. The standard InChI is InChI=1S/C14H29NO2/c1-14(2,3)12-7-5-6-8-13(12)15-9-11(16)10-17-4/h11-13,15-16H,5-10H2,1-4H3. The fourth-order valence-electron chi connectivity index (χ4n) is 2.95. The second kappa shape index (κ2) is 6.72. The molecule has 1 saturated carbocycles. The first-order valence-electron chi connectivity index (χ1n) is 6.85. The van der Waals surface area contributed by atoms with Crippen molar-refractivity contribution >= 4 is 0 Å². The highest BCUT2D eigenvalue weighted by Crippen LogP contribution is 2.37. The summed E-state index contributed by atoms with van der Waals surface area (Å²) >= 11 is 0. The molecule has 1 aliphatic carbocycles. The maximum Gasteiger partial charge on any atom is 0.0897 e. The highest BCUT2D eigenvalue weighted by Gasteiger charge is 2.33. The van der Waals surface area contributed by atoms with E-state index < -0.39 is 0 Å². The first-order chi connectivity index (χ1) is 7.95. The number of ether oxygens (including phenoxy) is 1. The Morgan fingerprint density at radius 1 is 1.29 bits per heavy atom. The molecule has 0 aliphatic heterocycles. The zero-order chi connectivity index (χ0) is 12.9.